The molecule has 5 heterocycles. The van der Waals surface area contributed by atoms with Gasteiger partial charge in [0.15, 0.2) is 0 Å². The fraction of sp³-hybridized carbons (Fsp3) is 0.560. The van der Waals surface area contributed by atoms with E-state index in [1.165, 1.54) is 5.56 Å². The summed E-state index contributed by atoms with van der Waals surface area (Å²) in [5, 5.41) is 2.82. The van der Waals surface area contributed by atoms with E-state index in [0.29, 0.717) is 32.1 Å². The van der Waals surface area contributed by atoms with Crippen LogP contribution in [0.3, 0.4) is 0 Å². The molecule has 7 rings (SSSR count). The van der Waals surface area contributed by atoms with Crippen LogP contribution in [0.15, 0.2) is 36.3 Å². The predicted octanol–water partition coefficient (Wildman–Crippen LogP) is 2.01. The van der Waals surface area contributed by atoms with E-state index in [1.807, 2.05) is 31.3 Å². The monoisotopic (exact) mass is 469 g/mol. The van der Waals surface area contributed by atoms with Gasteiger partial charge in [-0.2, -0.15) is 0 Å². The Labute approximate surface area is 198 Å². The van der Waals surface area contributed by atoms with Gasteiger partial charge in [0.1, 0.15) is 18.5 Å². The molecular weight excluding hydrogens is 437 g/mol. The number of hydrogen-bond acceptors (Lipinski definition) is 8. The van der Waals surface area contributed by atoms with Crippen molar-refractivity contribution >= 4 is 10.9 Å². The van der Waals surface area contributed by atoms with Crippen LogP contribution in [0.1, 0.15) is 30.9 Å². The van der Waals surface area contributed by atoms with Gasteiger partial charge in [-0.1, -0.05) is 0 Å². The molecule has 1 saturated carbocycles. The number of halogens is 1. The maximum Gasteiger partial charge on any atom is 0.136 e. The van der Waals surface area contributed by atoms with Gasteiger partial charge >= 0.3 is 0 Å². The number of hydrogen-bond donors (Lipinski definition) is 2. The smallest absolute Gasteiger partial charge is 0.136 e. The Bertz CT molecular complexity index is 1130. The molecule has 2 atom stereocenters. The standard InChI is InChI=1S/C25H32FN5O3/c1-16(34-19-2-3-23-21(6-19)20-4-5-32-10-17(20)8-29-23)22(27)9-31(28)24-12-25(13-24)15-33-11-18(7-26)30(25)14-24/h2-3,6,8-9,16,18H,4-5,7,10-15,27-28H2,1H3/b22-9-. The fourth-order valence-corrected chi connectivity index (χ4v) is 6.33. The Morgan fingerprint density at radius 1 is 1.41 bits per heavy atom. The topological polar surface area (TPSA) is 99.1 Å². The summed E-state index contributed by atoms with van der Waals surface area (Å²) < 4.78 is 31.0. The molecule has 34 heavy (non-hydrogen) atoms. The minimum atomic E-state index is -0.400. The Balaban J connectivity index is 1.17. The molecule has 2 bridgehead atoms. The van der Waals surface area contributed by atoms with Crippen molar-refractivity contribution < 1.29 is 18.6 Å². The molecule has 8 nitrogen and oxygen atoms in total. The average Bonchev–Trinajstić information content (AvgIpc) is 3.36. The zero-order valence-electron chi connectivity index (χ0n) is 19.5. The number of benzene rings is 1. The largest absolute Gasteiger partial charge is 0.484 e. The molecule has 1 spiro atoms. The van der Waals surface area contributed by atoms with Gasteiger partial charge in [0.25, 0.3) is 0 Å². The van der Waals surface area contributed by atoms with Crippen LogP contribution in [0.25, 0.3) is 10.9 Å². The quantitative estimate of drug-likeness (QED) is 0.490. The molecule has 9 heteroatoms. The first-order valence-electron chi connectivity index (χ1n) is 12.0. The van der Waals surface area contributed by atoms with Gasteiger partial charge in [0.05, 0.1) is 49.2 Å². The van der Waals surface area contributed by atoms with Gasteiger partial charge in [-0.15, -0.1) is 0 Å². The minimum Gasteiger partial charge on any atom is -0.484 e. The lowest BCUT2D eigenvalue weighted by molar-refractivity contribution is -0.108. The van der Waals surface area contributed by atoms with Crippen LogP contribution in [0.5, 0.6) is 5.75 Å². The van der Waals surface area contributed by atoms with Gasteiger partial charge in [-0.3, -0.25) is 9.88 Å². The number of pyridine rings is 1. The zero-order valence-corrected chi connectivity index (χ0v) is 19.5. The molecule has 2 aromatic rings. The highest BCUT2D eigenvalue weighted by atomic mass is 19.1. The van der Waals surface area contributed by atoms with E-state index < -0.39 is 6.67 Å². The van der Waals surface area contributed by atoms with E-state index in [1.54, 1.807) is 11.2 Å². The number of alkyl halides is 1. The number of nitrogens with zero attached hydrogens (tertiary/aromatic N) is 3. The molecule has 4 aliphatic heterocycles. The Hall–Kier alpha value is -2.46. The number of ether oxygens (including phenoxy) is 3. The first-order valence-corrected chi connectivity index (χ1v) is 12.0. The highest BCUT2D eigenvalue weighted by molar-refractivity contribution is 5.84. The van der Waals surface area contributed by atoms with Gasteiger partial charge in [-0.25, -0.2) is 10.2 Å². The summed E-state index contributed by atoms with van der Waals surface area (Å²) in [4.78, 5) is 6.81. The lowest BCUT2D eigenvalue weighted by Crippen LogP contribution is -2.65. The summed E-state index contributed by atoms with van der Waals surface area (Å²) >= 11 is 0. The van der Waals surface area contributed by atoms with Crippen LogP contribution < -0.4 is 16.3 Å². The summed E-state index contributed by atoms with van der Waals surface area (Å²) in [6.07, 6.45) is 5.90. The van der Waals surface area contributed by atoms with Gasteiger partial charge in [0.2, 0.25) is 0 Å². The molecule has 4 fully saturated rings. The molecule has 2 unspecified atom stereocenters. The maximum absolute atomic E-state index is 13.5. The minimum absolute atomic E-state index is 0.0827. The third kappa shape index (κ3) is 3.37. The van der Waals surface area contributed by atoms with E-state index in [9.17, 15) is 4.39 Å². The summed E-state index contributed by atoms with van der Waals surface area (Å²) in [6.45, 7) is 4.65. The van der Waals surface area contributed by atoms with Crippen LogP contribution in [-0.4, -0.2) is 71.2 Å². The van der Waals surface area contributed by atoms with Crippen molar-refractivity contribution in [2.24, 2.45) is 11.6 Å². The number of morpholine rings is 1. The molecule has 0 radical (unpaired) electrons. The second-order valence-corrected chi connectivity index (χ2v) is 10.3. The molecule has 4 N–H and O–H groups in total. The van der Waals surface area contributed by atoms with Crippen molar-refractivity contribution in [1.82, 2.24) is 14.9 Å². The van der Waals surface area contributed by atoms with Crippen LogP contribution in [0, 0.1) is 0 Å². The van der Waals surface area contributed by atoms with Crippen LogP contribution >= 0.6 is 0 Å². The average molecular weight is 470 g/mol. The van der Waals surface area contributed by atoms with Crippen LogP contribution in [-0.2, 0) is 22.5 Å². The summed E-state index contributed by atoms with van der Waals surface area (Å²) in [7, 11) is 0. The molecule has 1 aromatic heterocycles. The maximum atomic E-state index is 13.5. The van der Waals surface area contributed by atoms with Crippen molar-refractivity contribution in [2.45, 2.75) is 56.0 Å². The lowest BCUT2D eigenvalue weighted by atomic mass is 9.67. The third-order valence-electron chi connectivity index (χ3n) is 8.10. The Morgan fingerprint density at radius 2 is 2.26 bits per heavy atom. The van der Waals surface area contributed by atoms with Gasteiger partial charge < -0.3 is 25.0 Å². The first-order chi connectivity index (χ1) is 16.4. The van der Waals surface area contributed by atoms with Gasteiger partial charge in [0, 0.05) is 29.9 Å². The third-order valence-corrected chi connectivity index (χ3v) is 8.10. The van der Waals surface area contributed by atoms with E-state index in [0.717, 1.165) is 48.0 Å². The van der Waals surface area contributed by atoms with Gasteiger partial charge in [-0.05, 0) is 55.5 Å². The second-order valence-electron chi connectivity index (χ2n) is 10.3. The van der Waals surface area contributed by atoms with Crippen molar-refractivity contribution in [1.29, 1.82) is 0 Å². The van der Waals surface area contributed by atoms with Crippen molar-refractivity contribution in [3.63, 3.8) is 0 Å². The van der Waals surface area contributed by atoms with E-state index in [-0.39, 0.29) is 23.2 Å². The molecule has 1 aliphatic carbocycles. The predicted molar refractivity (Wildman–Crippen MR) is 125 cm³/mol. The lowest BCUT2D eigenvalue weighted by Gasteiger charge is -2.53. The highest BCUT2D eigenvalue weighted by Crippen LogP contribution is 2.57. The molecule has 1 aromatic carbocycles. The van der Waals surface area contributed by atoms with Crippen molar-refractivity contribution in [3.05, 3.63) is 47.4 Å². The Kier molecular flexibility index (Phi) is 5.22. The number of fused-ring (bicyclic) bond motifs is 3. The molecule has 3 saturated heterocycles. The summed E-state index contributed by atoms with van der Waals surface area (Å²) in [5.41, 5.74) is 10.0. The van der Waals surface area contributed by atoms with Crippen molar-refractivity contribution in [2.75, 3.05) is 33.0 Å². The molecule has 5 aliphatic rings. The first kappa shape index (κ1) is 22.0. The molecular formula is C25H32FN5O3. The second kappa shape index (κ2) is 8.05. The summed E-state index contributed by atoms with van der Waals surface area (Å²) in [5.74, 6) is 7.25. The van der Waals surface area contributed by atoms with Crippen LogP contribution in [0.4, 0.5) is 4.39 Å². The fourth-order valence-electron chi connectivity index (χ4n) is 6.33. The van der Waals surface area contributed by atoms with E-state index in [4.69, 9.17) is 25.8 Å². The number of aromatic nitrogens is 1. The van der Waals surface area contributed by atoms with Crippen molar-refractivity contribution in [3.8, 4) is 5.75 Å². The van der Waals surface area contributed by atoms with E-state index >= 15 is 0 Å². The SMILES string of the molecule is CC(Oc1ccc2ncc3c(c2c1)CCOC3)/C(N)=C/N(N)C12CN3C(CF)COCC3(C1)C2. The summed E-state index contributed by atoms with van der Waals surface area (Å²) in [6, 6.07) is 5.75. The molecule has 182 valence electrons. The van der Waals surface area contributed by atoms with E-state index in [2.05, 4.69) is 9.88 Å². The highest BCUT2D eigenvalue weighted by Gasteiger charge is 2.69. The Morgan fingerprint density at radius 3 is 3.09 bits per heavy atom. The van der Waals surface area contributed by atoms with Crippen LogP contribution in [0.2, 0.25) is 0 Å². The number of nitrogens with two attached hydrogens (primary N) is 2. The zero-order chi connectivity index (χ0) is 23.5. The normalized spacial score (nSPS) is 31.5. The number of rotatable bonds is 6. The number of hydrazine groups is 1. The molecule has 0 amide bonds.